The number of allylic oxidation sites excluding steroid dienone is 1. The van der Waals surface area contributed by atoms with Crippen molar-refractivity contribution in [3.05, 3.63) is 47.4 Å². The molecule has 156 valence electrons. The lowest BCUT2D eigenvalue weighted by atomic mass is 9.95. The Labute approximate surface area is 172 Å². The second-order valence-electron chi connectivity index (χ2n) is 7.63. The number of fused-ring (bicyclic) bond motifs is 1. The van der Waals surface area contributed by atoms with E-state index in [4.69, 9.17) is 4.74 Å². The zero-order valence-corrected chi connectivity index (χ0v) is 17.8. The Morgan fingerprint density at radius 1 is 1.17 bits per heavy atom. The topological polar surface area (TPSA) is 72.3 Å². The average Bonchev–Trinajstić information content (AvgIpc) is 3.17. The molecule has 0 fully saturated rings. The molecule has 0 amide bonds. The number of carbonyl (C=O) groups is 1. The highest BCUT2D eigenvalue weighted by Gasteiger charge is 2.34. The van der Waals surface area contributed by atoms with Crippen LogP contribution in [0, 0.1) is 0 Å². The molecule has 7 heteroatoms. The second-order valence-corrected chi connectivity index (χ2v) is 7.63. The van der Waals surface area contributed by atoms with E-state index >= 15 is 0 Å². The van der Waals surface area contributed by atoms with Gasteiger partial charge in [0.1, 0.15) is 12.4 Å². The molecule has 0 bridgehead atoms. The van der Waals surface area contributed by atoms with E-state index in [1.807, 2.05) is 50.2 Å². The molecule has 0 radical (unpaired) electrons. The number of rotatable bonds is 9. The van der Waals surface area contributed by atoms with Gasteiger partial charge in [0, 0.05) is 25.5 Å². The quantitative estimate of drug-likeness (QED) is 0.506. The van der Waals surface area contributed by atoms with E-state index in [1.165, 1.54) is 25.6 Å². The molecule has 1 atom stereocenters. The van der Waals surface area contributed by atoms with E-state index in [0.717, 1.165) is 29.8 Å². The van der Waals surface area contributed by atoms with Gasteiger partial charge in [-0.25, -0.2) is 9.48 Å². The van der Waals surface area contributed by atoms with E-state index < -0.39 is 0 Å². The van der Waals surface area contributed by atoms with Crippen LogP contribution in [0.2, 0.25) is 0 Å². The SMILES string of the molecule is CCCCCCCOC(=O)C1=C(C)Nc2ncnn2[C@H]1c1ccc(N(C)C)cc1. The van der Waals surface area contributed by atoms with Crippen molar-refractivity contribution in [3.63, 3.8) is 0 Å². The summed E-state index contributed by atoms with van der Waals surface area (Å²) in [5.41, 5.74) is 3.40. The predicted octanol–water partition coefficient (Wildman–Crippen LogP) is 4.15. The molecule has 0 aliphatic carbocycles. The third kappa shape index (κ3) is 4.78. The van der Waals surface area contributed by atoms with E-state index in [2.05, 4.69) is 22.3 Å². The van der Waals surface area contributed by atoms with Crippen LogP contribution in [0.4, 0.5) is 11.6 Å². The fourth-order valence-electron chi connectivity index (χ4n) is 3.57. The molecular formula is C22H31N5O2. The summed E-state index contributed by atoms with van der Waals surface area (Å²) in [5.74, 6) is 0.327. The second kappa shape index (κ2) is 9.58. The largest absolute Gasteiger partial charge is 0.462 e. The Hall–Kier alpha value is -2.83. The summed E-state index contributed by atoms with van der Waals surface area (Å²) >= 11 is 0. The first-order chi connectivity index (χ1) is 14.0. The van der Waals surface area contributed by atoms with E-state index in [9.17, 15) is 4.79 Å². The van der Waals surface area contributed by atoms with Crippen LogP contribution in [0.25, 0.3) is 0 Å². The van der Waals surface area contributed by atoms with Crippen molar-refractivity contribution in [1.82, 2.24) is 14.8 Å². The Balaban J connectivity index is 1.80. The van der Waals surface area contributed by atoms with Crippen LogP contribution in [0.15, 0.2) is 41.9 Å². The minimum atomic E-state index is -0.363. The fraction of sp³-hybridized carbons (Fsp3) is 0.500. The first-order valence-corrected chi connectivity index (χ1v) is 10.3. The Bertz CT molecular complexity index is 854. The van der Waals surface area contributed by atoms with E-state index in [1.54, 1.807) is 4.68 Å². The van der Waals surface area contributed by atoms with Crippen LogP contribution < -0.4 is 10.2 Å². The number of nitrogens with one attached hydrogen (secondary N) is 1. The van der Waals surface area contributed by atoms with Crippen LogP contribution in [-0.2, 0) is 9.53 Å². The number of nitrogens with zero attached hydrogens (tertiary/aromatic N) is 4. The normalized spacial score (nSPS) is 15.7. The molecule has 29 heavy (non-hydrogen) atoms. The Morgan fingerprint density at radius 3 is 2.59 bits per heavy atom. The van der Waals surface area contributed by atoms with Crippen LogP contribution >= 0.6 is 0 Å². The van der Waals surface area contributed by atoms with Gasteiger partial charge in [0.2, 0.25) is 5.95 Å². The Morgan fingerprint density at radius 2 is 1.90 bits per heavy atom. The molecule has 1 aliphatic heterocycles. The van der Waals surface area contributed by atoms with Crippen molar-refractivity contribution in [1.29, 1.82) is 0 Å². The van der Waals surface area contributed by atoms with Gasteiger partial charge in [-0.05, 0) is 31.0 Å². The molecule has 0 saturated carbocycles. The first kappa shape index (κ1) is 20.9. The molecule has 0 unspecified atom stereocenters. The summed E-state index contributed by atoms with van der Waals surface area (Å²) < 4.78 is 7.38. The molecule has 1 N–H and O–H groups in total. The number of esters is 1. The molecule has 1 aromatic heterocycles. The highest BCUT2D eigenvalue weighted by molar-refractivity contribution is 5.92. The van der Waals surface area contributed by atoms with Crippen LogP contribution in [-0.4, -0.2) is 41.4 Å². The van der Waals surface area contributed by atoms with E-state index in [0.29, 0.717) is 18.1 Å². The number of hydrogen-bond donors (Lipinski definition) is 1. The molecule has 1 aliphatic rings. The minimum absolute atomic E-state index is 0.298. The predicted molar refractivity (Wildman–Crippen MR) is 115 cm³/mol. The summed E-state index contributed by atoms with van der Waals surface area (Å²) in [4.78, 5) is 19.3. The van der Waals surface area contributed by atoms with Crippen molar-refractivity contribution in [2.45, 2.75) is 52.0 Å². The van der Waals surface area contributed by atoms with Crippen molar-refractivity contribution in [2.24, 2.45) is 0 Å². The molecular weight excluding hydrogens is 366 g/mol. The number of unbranched alkanes of at least 4 members (excludes halogenated alkanes) is 4. The Kier molecular flexibility index (Phi) is 6.90. The number of hydrogen-bond acceptors (Lipinski definition) is 6. The molecule has 0 saturated heterocycles. The molecule has 2 aromatic rings. The van der Waals surface area contributed by atoms with Gasteiger partial charge in [0.05, 0.1) is 12.2 Å². The maximum Gasteiger partial charge on any atom is 0.338 e. The highest BCUT2D eigenvalue weighted by Crippen LogP contribution is 2.35. The lowest BCUT2D eigenvalue weighted by molar-refractivity contribution is -0.139. The number of aromatic nitrogens is 3. The first-order valence-electron chi connectivity index (χ1n) is 10.3. The van der Waals surface area contributed by atoms with Gasteiger partial charge >= 0.3 is 5.97 Å². The van der Waals surface area contributed by atoms with Crippen LogP contribution in [0.3, 0.4) is 0 Å². The van der Waals surface area contributed by atoms with E-state index in [-0.39, 0.29) is 12.0 Å². The third-order valence-electron chi connectivity index (χ3n) is 5.22. The molecule has 2 heterocycles. The van der Waals surface area contributed by atoms with Crippen LogP contribution in [0.5, 0.6) is 0 Å². The maximum absolute atomic E-state index is 13.0. The van der Waals surface area contributed by atoms with Gasteiger partial charge in [-0.1, -0.05) is 44.7 Å². The zero-order chi connectivity index (χ0) is 20.8. The number of benzene rings is 1. The van der Waals surface area contributed by atoms with Crippen molar-refractivity contribution in [2.75, 3.05) is 30.9 Å². The van der Waals surface area contributed by atoms with Gasteiger partial charge in [-0.2, -0.15) is 10.1 Å². The summed E-state index contributed by atoms with van der Waals surface area (Å²) in [6, 6.07) is 7.78. The lowest BCUT2D eigenvalue weighted by Crippen LogP contribution is -2.29. The summed E-state index contributed by atoms with van der Waals surface area (Å²) in [5, 5.41) is 7.54. The smallest absolute Gasteiger partial charge is 0.338 e. The third-order valence-corrected chi connectivity index (χ3v) is 5.22. The highest BCUT2D eigenvalue weighted by atomic mass is 16.5. The fourth-order valence-corrected chi connectivity index (χ4v) is 3.57. The van der Waals surface area contributed by atoms with Gasteiger partial charge in [-0.3, -0.25) is 0 Å². The summed E-state index contributed by atoms with van der Waals surface area (Å²) in [6.07, 6.45) is 7.08. The van der Waals surface area contributed by atoms with Crippen molar-refractivity contribution < 1.29 is 9.53 Å². The van der Waals surface area contributed by atoms with Gasteiger partial charge in [0.25, 0.3) is 0 Å². The van der Waals surface area contributed by atoms with Crippen molar-refractivity contribution >= 4 is 17.6 Å². The summed E-state index contributed by atoms with van der Waals surface area (Å²) in [6.45, 7) is 4.52. The molecule has 3 rings (SSSR count). The number of anilines is 2. The minimum Gasteiger partial charge on any atom is -0.462 e. The molecule has 1 aromatic carbocycles. The molecule has 7 nitrogen and oxygen atoms in total. The van der Waals surface area contributed by atoms with Gasteiger partial charge in [0.15, 0.2) is 0 Å². The molecule has 0 spiro atoms. The standard InChI is InChI=1S/C22H31N5O2/c1-5-6-7-8-9-14-29-21(28)19-16(2)25-22-23-15-24-27(22)20(19)17-10-12-18(13-11-17)26(3)4/h10-13,15,20H,5-9,14H2,1-4H3,(H,23,24,25)/t20-/m0/s1. The van der Waals surface area contributed by atoms with Crippen molar-refractivity contribution in [3.8, 4) is 0 Å². The zero-order valence-electron chi connectivity index (χ0n) is 17.8. The summed E-state index contributed by atoms with van der Waals surface area (Å²) in [7, 11) is 4.00. The van der Waals surface area contributed by atoms with Crippen LogP contribution in [0.1, 0.15) is 57.6 Å². The average molecular weight is 398 g/mol. The monoisotopic (exact) mass is 397 g/mol. The van der Waals surface area contributed by atoms with Gasteiger partial charge < -0.3 is 15.0 Å². The maximum atomic E-state index is 13.0. The lowest BCUT2D eigenvalue weighted by Gasteiger charge is -2.28. The number of ether oxygens (including phenoxy) is 1. The number of carbonyl (C=O) groups excluding carboxylic acids is 1. The van der Waals surface area contributed by atoms with Gasteiger partial charge in [-0.15, -0.1) is 0 Å².